The molecule has 0 aromatic heterocycles. The van der Waals surface area contributed by atoms with Crippen LogP contribution in [0, 0.1) is 5.82 Å². The van der Waals surface area contributed by atoms with Gasteiger partial charge in [-0.05, 0) is 32.0 Å². The first-order valence-electron chi connectivity index (χ1n) is 7.78. The number of sulfonamides is 1. The van der Waals surface area contributed by atoms with Crippen LogP contribution in [0.15, 0.2) is 18.2 Å². The smallest absolute Gasteiger partial charge is 0.419 e. The molecule has 158 valence electrons. The molecular formula is C15H18F4N2O6S. The first kappa shape index (κ1) is 23.6. The maximum atomic E-state index is 13.2. The molecule has 0 aliphatic heterocycles. The molecular weight excluding hydrogens is 412 g/mol. The summed E-state index contributed by atoms with van der Waals surface area (Å²) in [5.41, 5.74) is -2.30. The van der Waals surface area contributed by atoms with Crippen LogP contribution < -0.4 is 10.0 Å². The summed E-state index contributed by atoms with van der Waals surface area (Å²) >= 11 is 0. The van der Waals surface area contributed by atoms with Crippen molar-refractivity contribution in [2.75, 3.05) is 17.1 Å². The highest BCUT2D eigenvalue weighted by Crippen LogP contribution is 2.33. The maximum absolute atomic E-state index is 13.2. The number of aliphatic hydroxyl groups excluding tert-OH is 1. The molecule has 13 heteroatoms. The van der Waals surface area contributed by atoms with Crippen molar-refractivity contribution in [2.45, 2.75) is 32.2 Å². The van der Waals surface area contributed by atoms with E-state index in [0.717, 1.165) is 13.0 Å². The number of aliphatic hydroxyl groups is 1. The Bertz CT molecular complexity index is 826. The predicted molar refractivity (Wildman–Crippen MR) is 89.1 cm³/mol. The molecule has 0 aliphatic carbocycles. The zero-order valence-corrected chi connectivity index (χ0v) is 15.5. The van der Waals surface area contributed by atoms with Gasteiger partial charge < -0.3 is 15.2 Å². The second-order valence-corrected chi connectivity index (χ2v) is 7.31. The van der Waals surface area contributed by atoms with Crippen LogP contribution in [0.4, 0.5) is 23.2 Å². The van der Waals surface area contributed by atoms with Gasteiger partial charge in [-0.25, -0.2) is 17.6 Å². The van der Waals surface area contributed by atoms with Crippen LogP contribution >= 0.6 is 0 Å². The Labute approximate surface area is 157 Å². The SMILES string of the molecule is CCOC(=O)C(NC(=O)CS(=O)(=O)Nc1ccc(F)c(C(F)(F)F)c1)C(C)O. The molecule has 0 saturated heterocycles. The number of rotatable bonds is 8. The lowest BCUT2D eigenvalue weighted by Gasteiger charge is -2.19. The summed E-state index contributed by atoms with van der Waals surface area (Å²) in [7, 11) is -4.50. The Balaban J connectivity index is 2.89. The van der Waals surface area contributed by atoms with Gasteiger partial charge in [0.25, 0.3) is 0 Å². The fourth-order valence-corrected chi connectivity index (χ4v) is 3.00. The Morgan fingerprint density at radius 3 is 2.39 bits per heavy atom. The number of nitrogens with one attached hydrogen (secondary N) is 2. The maximum Gasteiger partial charge on any atom is 0.419 e. The number of hydrogen-bond acceptors (Lipinski definition) is 6. The molecule has 2 atom stereocenters. The lowest BCUT2D eigenvalue weighted by Crippen LogP contribution is -2.50. The molecule has 0 heterocycles. The van der Waals surface area contributed by atoms with Crippen LogP contribution in [0.3, 0.4) is 0 Å². The molecule has 1 aromatic rings. The second kappa shape index (κ2) is 9.19. The van der Waals surface area contributed by atoms with E-state index in [1.165, 1.54) is 6.92 Å². The molecule has 28 heavy (non-hydrogen) atoms. The zero-order chi connectivity index (χ0) is 21.7. The molecule has 8 nitrogen and oxygen atoms in total. The van der Waals surface area contributed by atoms with E-state index in [1.54, 1.807) is 4.72 Å². The summed E-state index contributed by atoms with van der Waals surface area (Å²) in [6.45, 7) is 2.58. The number of ether oxygens (including phenoxy) is 1. The van der Waals surface area contributed by atoms with Crippen molar-refractivity contribution in [1.29, 1.82) is 0 Å². The second-order valence-electron chi connectivity index (χ2n) is 5.59. The minimum Gasteiger partial charge on any atom is -0.464 e. The van der Waals surface area contributed by atoms with Crippen molar-refractivity contribution >= 4 is 27.6 Å². The van der Waals surface area contributed by atoms with Gasteiger partial charge in [-0.15, -0.1) is 0 Å². The minimum atomic E-state index is -5.05. The average Bonchev–Trinajstić information content (AvgIpc) is 2.52. The topological polar surface area (TPSA) is 122 Å². The number of halogens is 4. The van der Waals surface area contributed by atoms with E-state index in [0.29, 0.717) is 6.07 Å². The first-order valence-corrected chi connectivity index (χ1v) is 9.43. The average molecular weight is 430 g/mol. The Kier molecular flexibility index (Phi) is 7.75. The Hall–Kier alpha value is -2.41. The third-order valence-corrected chi connectivity index (χ3v) is 4.39. The van der Waals surface area contributed by atoms with Crippen molar-refractivity contribution in [3.63, 3.8) is 0 Å². The molecule has 0 aliphatic rings. The summed E-state index contributed by atoms with van der Waals surface area (Å²) in [6.07, 6.45) is -6.45. The molecule has 2 unspecified atom stereocenters. The fraction of sp³-hybridized carbons (Fsp3) is 0.467. The van der Waals surface area contributed by atoms with Gasteiger partial charge in [0.15, 0.2) is 6.04 Å². The fourth-order valence-electron chi connectivity index (χ4n) is 2.02. The quantitative estimate of drug-likeness (QED) is 0.418. The van der Waals surface area contributed by atoms with Gasteiger partial charge >= 0.3 is 12.1 Å². The zero-order valence-electron chi connectivity index (χ0n) is 14.7. The van der Waals surface area contributed by atoms with Gasteiger partial charge in [0, 0.05) is 5.69 Å². The van der Waals surface area contributed by atoms with Crippen LogP contribution in [-0.4, -0.2) is 49.9 Å². The number of amides is 1. The molecule has 1 aromatic carbocycles. The molecule has 0 fully saturated rings. The Morgan fingerprint density at radius 2 is 1.89 bits per heavy atom. The summed E-state index contributed by atoms with van der Waals surface area (Å²) < 4.78 is 81.6. The van der Waals surface area contributed by atoms with E-state index >= 15 is 0 Å². The number of benzene rings is 1. The van der Waals surface area contributed by atoms with Crippen LogP contribution in [0.1, 0.15) is 19.4 Å². The van der Waals surface area contributed by atoms with Crippen LogP contribution in [0.25, 0.3) is 0 Å². The van der Waals surface area contributed by atoms with Crippen LogP contribution in [0.5, 0.6) is 0 Å². The van der Waals surface area contributed by atoms with Crippen molar-refractivity contribution in [2.24, 2.45) is 0 Å². The number of esters is 1. The lowest BCUT2D eigenvalue weighted by atomic mass is 10.2. The van der Waals surface area contributed by atoms with E-state index in [9.17, 15) is 40.7 Å². The third kappa shape index (κ3) is 6.96. The summed E-state index contributed by atoms with van der Waals surface area (Å²) in [6, 6.07) is -0.130. The number of carbonyl (C=O) groups is 2. The van der Waals surface area contributed by atoms with Gasteiger partial charge in [0.05, 0.1) is 18.3 Å². The number of carbonyl (C=O) groups excluding carboxylic acids is 2. The van der Waals surface area contributed by atoms with Gasteiger partial charge in [0.1, 0.15) is 11.6 Å². The van der Waals surface area contributed by atoms with E-state index in [-0.39, 0.29) is 12.7 Å². The highest BCUT2D eigenvalue weighted by molar-refractivity contribution is 7.93. The van der Waals surface area contributed by atoms with E-state index in [4.69, 9.17) is 0 Å². The van der Waals surface area contributed by atoms with Crippen molar-refractivity contribution in [1.82, 2.24) is 5.32 Å². The lowest BCUT2D eigenvalue weighted by molar-refractivity contribution is -0.150. The first-order chi connectivity index (χ1) is 12.8. The number of anilines is 1. The minimum absolute atomic E-state index is 0.0517. The Morgan fingerprint density at radius 1 is 1.29 bits per heavy atom. The highest BCUT2D eigenvalue weighted by atomic mass is 32.2. The molecule has 1 amide bonds. The summed E-state index contributed by atoms with van der Waals surface area (Å²) in [4.78, 5) is 23.5. The highest BCUT2D eigenvalue weighted by Gasteiger charge is 2.35. The molecule has 0 radical (unpaired) electrons. The normalized spacial score (nSPS) is 14.1. The third-order valence-electron chi connectivity index (χ3n) is 3.21. The summed E-state index contributed by atoms with van der Waals surface area (Å²) in [5, 5.41) is 11.5. The van der Waals surface area contributed by atoms with E-state index in [2.05, 4.69) is 4.74 Å². The number of alkyl halides is 3. The molecule has 0 saturated carbocycles. The van der Waals surface area contributed by atoms with Crippen molar-refractivity contribution in [3.05, 3.63) is 29.6 Å². The summed E-state index contributed by atoms with van der Waals surface area (Å²) in [5.74, 6) is -5.08. The van der Waals surface area contributed by atoms with Gasteiger partial charge in [-0.3, -0.25) is 9.52 Å². The van der Waals surface area contributed by atoms with E-state index in [1.807, 2.05) is 5.32 Å². The predicted octanol–water partition coefficient (Wildman–Crippen LogP) is 1.01. The molecule has 1 rings (SSSR count). The standard InChI is InChI=1S/C15H18F4N2O6S/c1-3-27-14(24)13(8(2)22)20-12(23)7-28(25,26)21-9-4-5-11(16)10(6-9)15(17,18)19/h4-6,8,13,21-22H,3,7H2,1-2H3,(H,20,23). The molecule has 0 bridgehead atoms. The van der Waals surface area contributed by atoms with E-state index < -0.39 is 63.0 Å². The van der Waals surface area contributed by atoms with Crippen molar-refractivity contribution in [3.8, 4) is 0 Å². The largest absolute Gasteiger partial charge is 0.464 e. The molecule has 3 N–H and O–H groups in total. The van der Waals surface area contributed by atoms with Crippen molar-refractivity contribution < 1.29 is 45.4 Å². The number of hydrogen-bond donors (Lipinski definition) is 3. The van der Waals surface area contributed by atoms with Gasteiger partial charge in [-0.2, -0.15) is 13.2 Å². The van der Waals surface area contributed by atoms with Crippen LogP contribution in [0.2, 0.25) is 0 Å². The monoisotopic (exact) mass is 430 g/mol. The molecule has 0 spiro atoms. The van der Waals surface area contributed by atoms with Gasteiger partial charge in [0.2, 0.25) is 15.9 Å². The van der Waals surface area contributed by atoms with Crippen LogP contribution in [-0.2, 0) is 30.5 Å². The van der Waals surface area contributed by atoms with Gasteiger partial charge in [-0.1, -0.05) is 0 Å².